The van der Waals surface area contributed by atoms with Gasteiger partial charge in [-0.3, -0.25) is 9.69 Å². The maximum Gasteiger partial charge on any atom is 0.271 e. The lowest BCUT2D eigenvalue weighted by Crippen LogP contribution is -2.28. The fraction of sp³-hybridized carbons (Fsp3) is 0.120. The van der Waals surface area contributed by atoms with Gasteiger partial charge in [0.05, 0.1) is 33.4 Å². The summed E-state index contributed by atoms with van der Waals surface area (Å²) in [7, 11) is 1.51. The van der Waals surface area contributed by atoms with E-state index in [1.807, 2.05) is 62.4 Å². The molecule has 0 atom stereocenters. The molecule has 7 heteroatoms. The largest absolute Gasteiger partial charge is 0.494 e. The molecule has 4 rings (SSSR count). The first-order valence-corrected chi connectivity index (χ1v) is 11.4. The molecule has 162 valence electrons. The number of hydrogen-bond acceptors (Lipinski definition) is 4. The molecule has 0 aliphatic carbocycles. The number of ether oxygens (including phenoxy) is 1. The molecule has 1 heterocycles. The normalized spacial score (nSPS) is 16.3. The lowest BCUT2D eigenvalue weighted by Gasteiger charge is -2.16. The van der Waals surface area contributed by atoms with Gasteiger partial charge in [-0.2, -0.15) is 0 Å². The number of amidine groups is 1. The number of amides is 1. The molecule has 0 radical (unpaired) electrons. The van der Waals surface area contributed by atoms with E-state index in [4.69, 9.17) is 32.9 Å². The molecule has 0 N–H and O–H groups in total. The summed E-state index contributed by atoms with van der Waals surface area (Å²) >= 11 is 13.9. The number of rotatable bonds is 4. The highest BCUT2D eigenvalue weighted by atomic mass is 35.5. The molecule has 0 bridgehead atoms. The minimum atomic E-state index is -0.159. The van der Waals surface area contributed by atoms with Gasteiger partial charge in [0.25, 0.3) is 5.91 Å². The molecule has 0 unspecified atom stereocenters. The summed E-state index contributed by atoms with van der Waals surface area (Å²) in [6, 6.07) is 19.1. The van der Waals surface area contributed by atoms with Crippen LogP contribution < -0.4 is 9.64 Å². The Kier molecular flexibility index (Phi) is 6.60. The zero-order valence-electron chi connectivity index (χ0n) is 17.7. The van der Waals surface area contributed by atoms with Crippen molar-refractivity contribution in [3.8, 4) is 5.75 Å². The van der Waals surface area contributed by atoms with E-state index in [1.165, 1.54) is 18.9 Å². The summed E-state index contributed by atoms with van der Waals surface area (Å²) < 4.78 is 5.21. The molecule has 4 nitrogen and oxygen atoms in total. The second kappa shape index (κ2) is 9.41. The monoisotopic (exact) mass is 482 g/mol. The number of aryl methyl sites for hydroxylation is 2. The number of halogens is 2. The summed E-state index contributed by atoms with van der Waals surface area (Å²) in [5.41, 5.74) is 4.50. The number of benzene rings is 3. The van der Waals surface area contributed by atoms with Crippen LogP contribution in [0.4, 0.5) is 11.4 Å². The van der Waals surface area contributed by atoms with Crippen molar-refractivity contribution in [1.29, 1.82) is 0 Å². The van der Waals surface area contributed by atoms with Crippen LogP contribution in [-0.2, 0) is 4.79 Å². The molecule has 3 aromatic carbocycles. The fourth-order valence-electron chi connectivity index (χ4n) is 3.21. The third kappa shape index (κ3) is 4.70. The van der Waals surface area contributed by atoms with Crippen LogP contribution in [0.2, 0.25) is 10.0 Å². The van der Waals surface area contributed by atoms with Crippen molar-refractivity contribution in [1.82, 2.24) is 0 Å². The number of anilines is 1. The fourth-order valence-corrected chi connectivity index (χ4v) is 4.87. The van der Waals surface area contributed by atoms with E-state index < -0.39 is 0 Å². The Morgan fingerprint density at radius 3 is 2.06 bits per heavy atom. The quantitative estimate of drug-likeness (QED) is 0.363. The second-order valence-electron chi connectivity index (χ2n) is 7.33. The number of thioether (sulfide) groups is 1. The van der Waals surface area contributed by atoms with E-state index in [9.17, 15) is 4.79 Å². The van der Waals surface area contributed by atoms with Crippen molar-refractivity contribution in [2.45, 2.75) is 13.8 Å². The molecule has 3 aromatic rings. The van der Waals surface area contributed by atoms with E-state index in [1.54, 1.807) is 23.1 Å². The maximum absolute atomic E-state index is 13.4. The number of nitrogens with zero attached hydrogens (tertiary/aromatic N) is 2. The van der Waals surface area contributed by atoms with E-state index in [0.29, 0.717) is 31.4 Å². The van der Waals surface area contributed by atoms with Crippen LogP contribution in [0.25, 0.3) is 6.08 Å². The average molecular weight is 483 g/mol. The standard InChI is InChI=1S/C25H20Cl2N2O2S/c1-15-4-8-18(9-5-15)28-25-29(19-10-6-16(2)7-11-19)24(30)22(32-25)14-17-12-20(26)23(31-3)21(27)13-17/h4-14H,1-3H3/b22-14-,28-25?. The minimum Gasteiger partial charge on any atom is -0.494 e. The predicted molar refractivity (Wildman–Crippen MR) is 136 cm³/mol. The molecule has 1 aliphatic rings. The minimum absolute atomic E-state index is 0.159. The number of aliphatic imine (C=N–C) groups is 1. The Bertz CT molecular complexity index is 1210. The molecule has 32 heavy (non-hydrogen) atoms. The Labute approximate surface area is 201 Å². The van der Waals surface area contributed by atoms with Crippen LogP contribution in [0.3, 0.4) is 0 Å². The van der Waals surface area contributed by atoms with Crippen LogP contribution in [0, 0.1) is 13.8 Å². The average Bonchev–Trinajstić information content (AvgIpc) is 3.05. The van der Waals surface area contributed by atoms with Gasteiger partial charge in [0.2, 0.25) is 0 Å². The zero-order valence-corrected chi connectivity index (χ0v) is 20.1. The number of carbonyl (C=O) groups is 1. The van der Waals surface area contributed by atoms with Gasteiger partial charge in [0, 0.05) is 0 Å². The number of methoxy groups -OCH3 is 1. The highest BCUT2D eigenvalue weighted by Crippen LogP contribution is 2.39. The Morgan fingerprint density at radius 1 is 0.938 bits per heavy atom. The van der Waals surface area contributed by atoms with E-state index >= 15 is 0 Å². The van der Waals surface area contributed by atoms with Gasteiger partial charge in [-0.1, -0.05) is 58.6 Å². The first-order valence-electron chi connectivity index (χ1n) is 9.85. The third-order valence-electron chi connectivity index (χ3n) is 4.88. The molecule has 1 amide bonds. The molecule has 0 spiro atoms. The Morgan fingerprint density at radius 2 is 1.50 bits per heavy atom. The number of hydrogen-bond donors (Lipinski definition) is 0. The molecule has 0 aromatic heterocycles. The SMILES string of the molecule is COc1c(Cl)cc(/C=C2\SC(=Nc3ccc(C)cc3)N(c3ccc(C)cc3)C2=O)cc1Cl. The van der Waals surface area contributed by atoms with Crippen molar-refractivity contribution < 1.29 is 9.53 Å². The number of carbonyl (C=O) groups excluding carboxylic acids is 1. The molecule has 1 saturated heterocycles. The lowest BCUT2D eigenvalue weighted by atomic mass is 10.2. The van der Waals surface area contributed by atoms with Crippen molar-refractivity contribution in [3.05, 3.63) is 92.3 Å². The zero-order chi connectivity index (χ0) is 22.8. The van der Waals surface area contributed by atoms with Crippen LogP contribution in [0.15, 0.2) is 70.6 Å². The van der Waals surface area contributed by atoms with Crippen molar-refractivity contribution >= 4 is 63.5 Å². The highest BCUT2D eigenvalue weighted by Gasteiger charge is 2.34. The molecule has 1 aliphatic heterocycles. The first kappa shape index (κ1) is 22.5. The van der Waals surface area contributed by atoms with Crippen LogP contribution >= 0.6 is 35.0 Å². The van der Waals surface area contributed by atoms with Crippen LogP contribution in [0.1, 0.15) is 16.7 Å². The lowest BCUT2D eigenvalue weighted by molar-refractivity contribution is -0.113. The Balaban J connectivity index is 1.77. The summed E-state index contributed by atoms with van der Waals surface area (Å²) in [6.45, 7) is 4.03. The third-order valence-corrected chi connectivity index (χ3v) is 6.41. The summed E-state index contributed by atoms with van der Waals surface area (Å²) in [5, 5.41) is 1.34. The summed E-state index contributed by atoms with van der Waals surface area (Å²) in [5.74, 6) is 0.247. The van der Waals surface area contributed by atoms with Crippen molar-refractivity contribution in [2.24, 2.45) is 4.99 Å². The van der Waals surface area contributed by atoms with Gasteiger partial charge >= 0.3 is 0 Å². The van der Waals surface area contributed by atoms with Gasteiger partial charge in [-0.25, -0.2) is 4.99 Å². The molecule has 0 saturated carbocycles. The first-order chi connectivity index (χ1) is 15.4. The maximum atomic E-state index is 13.4. The van der Waals surface area contributed by atoms with E-state index in [0.717, 1.165) is 22.5 Å². The van der Waals surface area contributed by atoms with Gasteiger partial charge in [0.1, 0.15) is 0 Å². The van der Waals surface area contributed by atoms with Crippen LogP contribution in [-0.4, -0.2) is 18.2 Å². The highest BCUT2D eigenvalue weighted by molar-refractivity contribution is 8.19. The molecular weight excluding hydrogens is 463 g/mol. The van der Waals surface area contributed by atoms with E-state index in [2.05, 4.69) is 0 Å². The smallest absolute Gasteiger partial charge is 0.271 e. The van der Waals surface area contributed by atoms with Crippen molar-refractivity contribution in [3.63, 3.8) is 0 Å². The van der Waals surface area contributed by atoms with Gasteiger partial charge in [-0.15, -0.1) is 0 Å². The van der Waals surface area contributed by atoms with Gasteiger partial charge in [-0.05, 0) is 73.6 Å². The van der Waals surface area contributed by atoms with Gasteiger partial charge < -0.3 is 4.74 Å². The summed E-state index contributed by atoms with van der Waals surface area (Å²) in [4.78, 5) is 20.3. The van der Waals surface area contributed by atoms with E-state index in [-0.39, 0.29) is 5.91 Å². The van der Waals surface area contributed by atoms with Crippen molar-refractivity contribution in [2.75, 3.05) is 12.0 Å². The molecular formula is C25H20Cl2N2O2S. The second-order valence-corrected chi connectivity index (χ2v) is 9.16. The Hall–Kier alpha value is -2.73. The molecule has 1 fully saturated rings. The summed E-state index contributed by atoms with van der Waals surface area (Å²) in [6.07, 6.45) is 1.77. The van der Waals surface area contributed by atoms with Crippen LogP contribution in [0.5, 0.6) is 5.75 Å². The predicted octanol–water partition coefficient (Wildman–Crippen LogP) is 7.43. The topological polar surface area (TPSA) is 41.9 Å². The van der Waals surface area contributed by atoms with Gasteiger partial charge in [0.15, 0.2) is 10.9 Å².